The van der Waals surface area contributed by atoms with E-state index in [1.165, 1.54) is 0 Å². The van der Waals surface area contributed by atoms with Gasteiger partial charge in [0.2, 0.25) is 0 Å². The number of rotatable bonds is 7. The smallest absolute Gasteiger partial charge is 0.259 e. The predicted molar refractivity (Wildman–Crippen MR) is 103 cm³/mol. The van der Waals surface area contributed by atoms with E-state index in [0.717, 1.165) is 22.6 Å². The van der Waals surface area contributed by atoms with Gasteiger partial charge in [0.05, 0.1) is 25.1 Å². The van der Waals surface area contributed by atoms with Crippen molar-refractivity contribution in [3.63, 3.8) is 0 Å². The molecule has 0 radical (unpaired) electrons. The predicted octanol–water partition coefficient (Wildman–Crippen LogP) is 2.71. The van der Waals surface area contributed by atoms with Crippen LogP contribution in [0.3, 0.4) is 0 Å². The third kappa shape index (κ3) is 5.24. The molecule has 0 aliphatic rings. The number of hydrazone groups is 1. The fraction of sp³-hybridized carbons (Fsp3) is 0.263. The fourth-order valence-electron chi connectivity index (χ4n) is 2.22. The second-order valence-corrected chi connectivity index (χ2v) is 5.73. The summed E-state index contributed by atoms with van der Waals surface area (Å²) in [6.45, 7) is 1.97. The number of nitrogens with zero attached hydrogens (tertiary/aromatic N) is 2. The molecule has 6 nitrogen and oxygen atoms in total. The SMILES string of the molecule is COc1ccccc1NCC(=O)N/N=C(/C)c1ccc(N(C)C)cc1. The number of carbonyl (C=O) groups is 1. The lowest BCUT2D eigenvalue weighted by atomic mass is 10.1. The van der Waals surface area contributed by atoms with E-state index in [4.69, 9.17) is 4.74 Å². The number of ether oxygens (including phenoxy) is 1. The van der Waals surface area contributed by atoms with Gasteiger partial charge in [0, 0.05) is 19.8 Å². The summed E-state index contributed by atoms with van der Waals surface area (Å²) in [4.78, 5) is 14.0. The van der Waals surface area contributed by atoms with E-state index >= 15 is 0 Å². The van der Waals surface area contributed by atoms with Crippen molar-refractivity contribution in [2.45, 2.75) is 6.92 Å². The van der Waals surface area contributed by atoms with Gasteiger partial charge in [-0.2, -0.15) is 5.10 Å². The number of benzene rings is 2. The first-order valence-electron chi connectivity index (χ1n) is 7.99. The van der Waals surface area contributed by atoms with Gasteiger partial charge in [-0.1, -0.05) is 24.3 Å². The van der Waals surface area contributed by atoms with Gasteiger partial charge < -0.3 is 15.0 Å². The number of para-hydroxylation sites is 2. The van der Waals surface area contributed by atoms with Gasteiger partial charge in [-0.05, 0) is 36.8 Å². The van der Waals surface area contributed by atoms with Crippen LogP contribution in [0, 0.1) is 0 Å². The Morgan fingerprint density at radius 2 is 1.80 bits per heavy atom. The van der Waals surface area contributed by atoms with Crippen LogP contribution < -0.4 is 20.4 Å². The highest BCUT2D eigenvalue weighted by Gasteiger charge is 2.05. The van der Waals surface area contributed by atoms with Crippen LogP contribution in [0.1, 0.15) is 12.5 Å². The van der Waals surface area contributed by atoms with Crippen LogP contribution in [-0.2, 0) is 4.79 Å². The van der Waals surface area contributed by atoms with Crippen LogP contribution >= 0.6 is 0 Å². The van der Waals surface area contributed by atoms with Crippen molar-refractivity contribution >= 4 is 23.0 Å². The van der Waals surface area contributed by atoms with Gasteiger partial charge in [-0.3, -0.25) is 4.79 Å². The van der Waals surface area contributed by atoms with Crippen molar-refractivity contribution in [2.75, 3.05) is 38.0 Å². The molecule has 2 aromatic rings. The maximum Gasteiger partial charge on any atom is 0.259 e. The Morgan fingerprint density at radius 3 is 2.44 bits per heavy atom. The largest absolute Gasteiger partial charge is 0.495 e. The lowest BCUT2D eigenvalue weighted by Crippen LogP contribution is -2.26. The molecule has 2 rings (SSSR count). The summed E-state index contributed by atoms with van der Waals surface area (Å²) in [5.41, 5.74) is 6.15. The molecule has 0 spiro atoms. The zero-order valence-electron chi connectivity index (χ0n) is 15.0. The minimum atomic E-state index is -0.227. The molecule has 132 valence electrons. The minimum absolute atomic E-state index is 0.108. The third-order valence-corrected chi connectivity index (χ3v) is 3.70. The van der Waals surface area contributed by atoms with Crippen LogP contribution in [0.25, 0.3) is 0 Å². The molecule has 0 aromatic heterocycles. The molecule has 0 atom stereocenters. The summed E-state index contributed by atoms with van der Waals surface area (Å²) in [7, 11) is 5.58. The Bertz CT molecular complexity index is 739. The van der Waals surface area contributed by atoms with Crippen molar-refractivity contribution < 1.29 is 9.53 Å². The Hall–Kier alpha value is -3.02. The van der Waals surface area contributed by atoms with Gasteiger partial charge in [-0.15, -0.1) is 0 Å². The summed E-state index contributed by atoms with van der Waals surface area (Å²) < 4.78 is 5.23. The van der Waals surface area contributed by atoms with Crippen LogP contribution in [0.5, 0.6) is 5.75 Å². The van der Waals surface area contributed by atoms with Crippen LogP contribution in [0.2, 0.25) is 0 Å². The number of carbonyl (C=O) groups excluding carboxylic acids is 1. The normalized spacial score (nSPS) is 11.0. The van der Waals surface area contributed by atoms with Crippen molar-refractivity contribution in [3.8, 4) is 5.75 Å². The first-order valence-corrected chi connectivity index (χ1v) is 7.99. The number of amides is 1. The molecular weight excluding hydrogens is 316 g/mol. The first kappa shape index (κ1) is 18.3. The zero-order valence-corrected chi connectivity index (χ0v) is 15.0. The van der Waals surface area contributed by atoms with E-state index in [1.54, 1.807) is 7.11 Å². The Morgan fingerprint density at radius 1 is 1.12 bits per heavy atom. The minimum Gasteiger partial charge on any atom is -0.495 e. The first-order chi connectivity index (χ1) is 12.0. The fourth-order valence-corrected chi connectivity index (χ4v) is 2.22. The summed E-state index contributed by atoms with van der Waals surface area (Å²) in [6, 6.07) is 15.4. The number of methoxy groups -OCH3 is 1. The highest BCUT2D eigenvalue weighted by atomic mass is 16.5. The highest BCUT2D eigenvalue weighted by molar-refractivity contribution is 5.99. The highest BCUT2D eigenvalue weighted by Crippen LogP contribution is 2.22. The molecule has 0 aliphatic carbocycles. The Kier molecular flexibility index (Phi) is 6.39. The number of anilines is 2. The molecule has 1 amide bonds. The van der Waals surface area contributed by atoms with E-state index in [1.807, 2.05) is 74.4 Å². The van der Waals surface area contributed by atoms with Gasteiger partial charge in [0.1, 0.15) is 5.75 Å². The quantitative estimate of drug-likeness (QED) is 0.601. The maximum absolute atomic E-state index is 12.0. The molecule has 0 aliphatic heterocycles. The van der Waals surface area contributed by atoms with Crippen LogP contribution in [0.4, 0.5) is 11.4 Å². The molecular formula is C19H24N4O2. The molecule has 0 saturated heterocycles. The van der Waals surface area contributed by atoms with Crippen LogP contribution in [-0.4, -0.2) is 39.4 Å². The second kappa shape index (κ2) is 8.73. The second-order valence-electron chi connectivity index (χ2n) is 5.73. The average molecular weight is 340 g/mol. The van der Waals surface area contributed by atoms with Crippen LogP contribution in [0.15, 0.2) is 53.6 Å². The summed E-state index contributed by atoms with van der Waals surface area (Å²) in [5.74, 6) is 0.464. The molecule has 6 heteroatoms. The lowest BCUT2D eigenvalue weighted by molar-refractivity contribution is -0.119. The van der Waals surface area contributed by atoms with E-state index in [2.05, 4.69) is 15.8 Å². The summed E-state index contributed by atoms with van der Waals surface area (Å²) >= 11 is 0. The van der Waals surface area contributed by atoms with Gasteiger partial charge in [0.25, 0.3) is 5.91 Å². The zero-order chi connectivity index (χ0) is 18.2. The van der Waals surface area contributed by atoms with Gasteiger partial charge in [-0.25, -0.2) is 5.43 Å². The Labute approximate surface area is 148 Å². The molecule has 0 heterocycles. The molecule has 25 heavy (non-hydrogen) atoms. The number of hydrogen-bond acceptors (Lipinski definition) is 5. The number of nitrogens with one attached hydrogen (secondary N) is 2. The Balaban J connectivity index is 1.90. The van der Waals surface area contributed by atoms with Gasteiger partial charge in [0.15, 0.2) is 0 Å². The third-order valence-electron chi connectivity index (χ3n) is 3.70. The lowest BCUT2D eigenvalue weighted by Gasteiger charge is -2.12. The van der Waals surface area contributed by atoms with Crippen molar-refractivity contribution in [1.82, 2.24) is 5.43 Å². The molecule has 0 bridgehead atoms. The van der Waals surface area contributed by atoms with Crippen molar-refractivity contribution in [1.29, 1.82) is 0 Å². The monoisotopic (exact) mass is 340 g/mol. The van der Waals surface area contributed by atoms with E-state index in [9.17, 15) is 4.79 Å². The standard InChI is InChI=1S/C19H24N4O2/c1-14(15-9-11-16(12-10-15)23(2)3)21-22-19(24)13-20-17-7-5-6-8-18(17)25-4/h5-12,20H,13H2,1-4H3,(H,22,24)/b21-14-. The van der Waals surface area contributed by atoms with E-state index < -0.39 is 0 Å². The molecule has 0 fully saturated rings. The molecule has 0 unspecified atom stereocenters. The summed E-state index contributed by atoms with van der Waals surface area (Å²) in [6.07, 6.45) is 0. The van der Waals surface area contributed by atoms with E-state index in [0.29, 0.717) is 5.75 Å². The average Bonchev–Trinajstić information content (AvgIpc) is 2.64. The topological polar surface area (TPSA) is 66.0 Å². The van der Waals surface area contributed by atoms with Gasteiger partial charge >= 0.3 is 0 Å². The summed E-state index contributed by atoms with van der Waals surface area (Å²) in [5, 5.41) is 7.19. The van der Waals surface area contributed by atoms with Crippen molar-refractivity contribution in [2.24, 2.45) is 5.10 Å². The maximum atomic E-state index is 12.0. The molecule has 2 N–H and O–H groups in total. The van der Waals surface area contributed by atoms with Crippen molar-refractivity contribution in [3.05, 3.63) is 54.1 Å². The molecule has 0 saturated carbocycles. The van der Waals surface area contributed by atoms with E-state index in [-0.39, 0.29) is 12.5 Å². The molecule has 2 aromatic carbocycles. The number of hydrogen-bond donors (Lipinski definition) is 2.